The molecule has 0 saturated heterocycles. The molecule has 6 N–H and O–H groups in total. The second-order valence-electron chi connectivity index (χ2n) is 2.79. The van der Waals surface area contributed by atoms with Crippen LogP contribution in [0.4, 0.5) is 11.4 Å². The number of nitrogens with two attached hydrogens (primary N) is 2. The summed E-state index contributed by atoms with van der Waals surface area (Å²) in [7, 11) is 0. The highest BCUT2D eigenvalue weighted by Crippen LogP contribution is 2.22. The number of para-hydroxylation sites is 1. The summed E-state index contributed by atoms with van der Waals surface area (Å²) in [4.78, 5) is 10.8. The van der Waals surface area contributed by atoms with Gasteiger partial charge in [0.2, 0.25) is 0 Å². The van der Waals surface area contributed by atoms with Crippen LogP contribution in [0.2, 0.25) is 0 Å². The third-order valence-corrected chi connectivity index (χ3v) is 1.77. The van der Waals surface area contributed by atoms with Crippen molar-refractivity contribution >= 4 is 17.3 Å². The van der Waals surface area contributed by atoms with Crippen LogP contribution in [0.15, 0.2) is 18.2 Å². The number of nitrogen functional groups attached to an aromatic ring is 1. The van der Waals surface area contributed by atoms with Crippen molar-refractivity contribution < 1.29 is 9.90 Å². The Morgan fingerprint density at radius 2 is 2.21 bits per heavy atom. The van der Waals surface area contributed by atoms with E-state index < -0.39 is 5.97 Å². The standard InChI is InChI=1S/C9H13N3O2/c10-4-5-12-8-6(9(13)14)2-1-3-7(8)11/h1-3,12H,4-5,10-11H2,(H,13,14). The van der Waals surface area contributed by atoms with E-state index in [1.165, 1.54) is 6.07 Å². The minimum Gasteiger partial charge on any atom is -0.478 e. The number of aromatic carboxylic acids is 1. The second-order valence-corrected chi connectivity index (χ2v) is 2.79. The van der Waals surface area contributed by atoms with Crippen LogP contribution in [0.5, 0.6) is 0 Å². The zero-order chi connectivity index (χ0) is 10.6. The topological polar surface area (TPSA) is 101 Å². The van der Waals surface area contributed by atoms with Crippen LogP contribution < -0.4 is 16.8 Å². The van der Waals surface area contributed by atoms with E-state index in [0.717, 1.165) is 0 Å². The van der Waals surface area contributed by atoms with Gasteiger partial charge in [-0.1, -0.05) is 6.07 Å². The zero-order valence-corrected chi connectivity index (χ0v) is 7.66. The molecule has 0 aliphatic rings. The molecule has 0 unspecified atom stereocenters. The molecule has 14 heavy (non-hydrogen) atoms. The number of rotatable bonds is 4. The summed E-state index contributed by atoms with van der Waals surface area (Å²) in [6.07, 6.45) is 0. The number of hydrogen-bond donors (Lipinski definition) is 4. The van der Waals surface area contributed by atoms with Gasteiger partial charge in [0.05, 0.1) is 16.9 Å². The molecule has 0 amide bonds. The molecule has 0 aliphatic heterocycles. The molecule has 0 aromatic heterocycles. The average molecular weight is 195 g/mol. The highest BCUT2D eigenvalue weighted by molar-refractivity contribution is 5.97. The maximum absolute atomic E-state index is 10.8. The molecule has 5 heteroatoms. The first-order chi connectivity index (χ1) is 6.66. The monoisotopic (exact) mass is 195 g/mol. The first-order valence-electron chi connectivity index (χ1n) is 4.22. The minimum absolute atomic E-state index is 0.165. The van der Waals surface area contributed by atoms with Crippen molar-refractivity contribution in [3.8, 4) is 0 Å². The van der Waals surface area contributed by atoms with Crippen LogP contribution in [-0.2, 0) is 0 Å². The average Bonchev–Trinajstić information content (AvgIpc) is 2.15. The Balaban J connectivity index is 3.02. The summed E-state index contributed by atoms with van der Waals surface area (Å²) in [5.41, 5.74) is 12.0. The van der Waals surface area contributed by atoms with E-state index in [1.807, 2.05) is 0 Å². The van der Waals surface area contributed by atoms with Crippen LogP contribution in [0.1, 0.15) is 10.4 Å². The van der Waals surface area contributed by atoms with E-state index in [1.54, 1.807) is 12.1 Å². The van der Waals surface area contributed by atoms with Crippen molar-refractivity contribution in [2.75, 3.05) is 24.1 Å². The van der Waals surface area contributed by atoms with Gasteiger partial charge in [-0.3, -0.25) is 0 Å². The van der Waals surface area contributed by atoms with E-state index in [-0.39, 0.29) is 5.56 Å². The van der Waals surface area contributed by atoms with Crippen LogP contribution in [0.3, 0.4) is 0 Å². The Morgan fingerprint density at radius 1 is 1.50 bits per heavy atom. The number of anilines is 2. The molecule has 0 saturated carbocycles. The van der Waals surface area contributed by atoms with Gasteiger partial charge in [0.1, 0.15) is 0 Å². The number of carboxylic acids is 1. The maximum atomic E-state index is 10.8. The fourth-order valence-electron chi connectivity index (χ4n) is 1.14. The van der Waals surface area contributed by atoms with Gasteiger partial charge in [0.15, 0.2) is 0 Å². The predicted molar refractivity (Wildman–Crippen MR) is 55.4 cm³/mol. The molecule has 5 nitrogen and oxygen atoms in total. The summed E-state index contributed by atoms with van der Waals surface area (Å²) >= 11 is 0. The molecule has 0 aliphatic carbocycles. The van der Waals surface area contributed by atoms with Crippen molar-refractivity contribution in [2.45, 2.75) is 0 Å². The van der Waals surface area contributed by atoms with Crippen molar-refractivity contribution in [1.82, 2.24) is 0 Å². The number of benzene rings is 1. The molecule has 0 fully saturated rings. The van der Waals surface area contributed by atoms with E-state index in [9.17, 15) is 4.79 Å². The van der Waals surface area contributed by atoms with E-state index in [2.05, 4.69) is 5.32 Å². The molecule has 1 rings (SSSR count). The lowest BCUT2D eigenvalue weighted by molar-refractivity contribution is 0.0698. The zero-order valence-electron chi connectivity index (χ0n) is 7.66. The first kappa shape index (κ1) is 10.3. The Labute approximate surface area is 81.7 Å². The van der Waals surface area contributed by atoms with Crippen LogP contribution in [-0.4, -0.2) is 24.2 Å². The van der Waals surface area contributed by atoms with Gasteiger partial charge in [-0.25, -0.2) is 4.79 Å². The van der Waals surface area contributed by atoms with Gasteiger partial charge in [-0.05, 0) is 12.1 Å². The Kier molecular flexibility index (Phi) is 3.30. The lowest BCUT2D eigenvalue weighted by Crippen LogP contribution is -2.16. The predicted octanol–water partition coefficient (Wildman–Crippen LogP) is 0.338. The lowest BCUT2D eigenvalue weighted by atomic mass is 10.1. The summed E-state index contributed by atoms with van der Waals surface area (Å²) in [6.45, 7) is 0.919. The highest BCUT2D eigenvalue weighted by Gasteiger charge is 2.11. The molecular weight excluding hydrogens is 182 g/mol. The Morgan fingerprint density at radius 3 is 2.79 bits per heavy atom. The first-order valence-corrected chi connectivity index (χ1v) is 4.22. The molecular formula is C9H13N3O2. The van der Waals surface area contributed by atoms with Gasteiger partial charge < -0.3 is 21.9 Å². The van der Waals surface area contributed by atoms with Crippen LogP contribution in [0.25, 0.3) is 0 Å². The molecule has 0 radical (unpaired) electrons. The quantitative estimate of drug-likeness (QED) is 0.519. The molecule has 0 heterocycles. The van der Waals surface area contributed by atoms with Crippen LogP contribution in [0, 0.1) is 0 Å². The van der Waals surface area contributed by atoms with Crippen LogP contribution >= 0.6 is 0 Å². The number of carboxylic acid groups (broad SMARTS) is 1. The summed E-state index contributed by atoms with van der Waals surface area (Å²) < 4.78 is 0. The van der Waals surface area contributed by atoms with Gasteiger partial charge in [-0.15, -0.1) is 0 Å². The van der Waals surface area contributed by atoms with Gasteiger partial charge in [-0.2, -0.15) is 0 Å². The second kappa shape index (κ2) is 4.48. The molecule has 76 valence electrons. The molecule has 0 atom stereocenters. The largest absolute Gasteiger partial charge is 0.478 e. The smallest absolute Gasteiger partial charge is 0.337 e. The molecule has 0 bridgehead atoms. The van der Waals surface area contributed by atoms with Gasteiger partial charge >= 0.3 is 5.97 Å². The fraction of sp³-hybridized carbons (Fsp3) is 0.222. The molecule has 1 aromatic rings. The van der Waals surface area contributed by atoms with Gasteiger partial charge in [0, 0.05) is 13.1 Å². The van der Waals surface area contributed by atoms with Crippen molar-refractivity contribution in [3.05, 3.63) is 23.8 Å². The van der Waals surface area contributed by atoms with E-state index >= 15 is 0 Å². The Hall–Kier alpha value is -1.75. The SMILES string of the molecule is NCCNc1c(N)cccc1C(=O)O. The third-order valence-electron chi connectivity index (χ3n) is 1.77. The fourth-order valence-corrected chi connectivity index (χ4v) is 1.14. The summed E-state index contributed by atoms with van der Waals surface area (Å²) in [6, 6.07) is 4.75. The van der Waals surface area contributed by atoms with E-state index in [4.69, 9.17) is 16.6 Å². The molecule has 0 spiro atoms. The highest BCUT2D eigenvalue weighted by atomic mass is 16.4. The lowest BCUT2D eigenvalue weighted by Gasteiger charge is -2.10. The van der Waals surface area contributed by atoms with Gasteiger partial charge in [0.25, 0.3) is 0 Å². The normalized spacial score (nSPS) is 9.79. The number of carbonyl (C=O) groups is 1. The maximum Gasteiger partial charge on any atom is 0.337 e. The van der Waals surface area contributed by atoms with Crippen molar-refractivity contribution in [1.29, 1.82) is 0 Å². The third kappa shape index (κ3) is 2.14. The number of hydrogen-bond acceptors (Lipinski definition) is 4. The van der Waals surface area contributed by atoms with Crippen molar-refractivity contribution in [3.63, 3.8) is 0 Å². The number of nitrogens with one attached hydrogen (secondary N) is 1. The molecule has 1 aromatic carbocycles. The Bertz CT molecular complexity index is 339. The van der Waals surface area contributed by atoms with Crippen molar-refractivity contribution in [2.24, 2.45) is 5.73 Å². The summed E-state index contributed by atoms with van der Waals surface area (Å²) in [5.74, 6) is -1.00. The van der Waals surface area contributed by atoms with E-state index in [0.29, 0.717) is 24.5 Å². The minimum atomic E-state index is -1.00. The summed E-state index contributed by atoms with van der Waals surface area (Å²) in [5, 5.41) is 11.7.